The molecule has 1 aromatic carbocycles. The van der Waals surface area contributed by atoms with Gasteiger partial charge in [0, 0.05) is 17.8 Å². The Hall–Kier alpha value is -2.70. The molecule has 0 aliphatic carbocycles. The molecule has 7 heteroatoms. The molecule has 0 unspecified atom stereocenters. The zero-order valence-corrected chi connectivity index (χ0v) is 12.0. The highest BCUT2D eigenvalue weighted by Crippen LogP contribution is 2.23. The van der Waals surface area contributed by atoms with Crippen LogP contribution in [0.25, 0.3) is 0 Å². The number of nitro groups is 1. The summed E-state index contributed by atoms with van der Waals surface area (Å²) in [5.74, 6) is 0.0545. The van der Waals surface area contributed by atoms with E-state index in [2.05, 4.69) is 15.5 Å². The number of carbonyl (C=O) groups is 1. The summed E-state index contributed by atoms with van der Waals surface area (Å²) in [6.45, 7) is 5.64. The van der Waals surface area contributed by atoms with Crippen LogP contribution in [0.15, 0.2) is 24.3 Å². The number of amides is 1. The first-order valence-electron chi connectivity index (χ1n) is 6.50. The molecule has 2 rings (SSSR count). The fraction of sp³-hybridized carbons (Fsp3) is 0.286. The van der Waals surface area contributed by atoms with Crippen molar-refractivity contribution in [2.45, 2.75) is 26.7 Å². The zero-order valence-electron chi connectivity index (χ0n) is 12.0. The number of anilines is 1. The molecule has 0 aliphatic heterocycles. The molecule has 0 atom stereocenters. The van der Waals surface area contributed by atoms with Gasteiger partial charge in [0.05, 0.1) is 4.92 Å². The Labute approximate surface area is 121 Å². The minimum atomic E-state index is -0.563. The van der Waals surface area contributed by atoms with Gasteiger partial charge in [0.25, 0.3) is 11.6 Å². The molecular weight excluding hydrogens is 272 g/mol. The number of nitro benzene ring substituents is 1. The highest BCUT2D eigenvalue weighted by molar-refractivity contribution is 6.07. The topological polar surface area (TPSA) is 101 Å². The monoisotopic (exact) mass is 288 g/mol. The smallest absolute Gasteiger partial charge is 0.282 e. The Morgan fingerprint density at radius 3 is 2.71 bits per heavy atom. The van der Waals surface area contributed by atoms with E-state index in [0.29, 0.717) is 11.4 Å². The number of aromatic nitrogens is 2. The summed E-state index contributed by atoms with van der Waals surface area (Å²) in [7, 11) is 0. The number of rotatable bonds is 4. The second-order valence-corrected chi connectivity index (χ2v) is 5.04. The lowest BCUT2D eigenvalue weighted by atomic mass is 10.1. The SMILES string of the molecule is Cc1cccc([N+](=O)[O-])c1C(=O)Nc1cc(C(C)C)[nH]n1. The summed E-state index contributed by atoms with van der Waals surface area (Å²) >= 11 is 0. The molecule has 0 bridgehead atoms. The van der Waals surface area contributed by atoms with Crippen LogP contribution in [0.2, 0.25) is 0 Å². The van der Waals surface area contributed by atoms with E-state index < -0.39 is 10.8 Å². The molecule has 0 fully saturated rings. The van der Waals surface area contributed by atoms with E-state index in [0.717, 1.165) is 5.69 Å². The summed E-state index contributed by atoms with van der Waals surface area (Å²) < 4.78 is 0. The molecule has 1 aromatic heterocycles. The van der Waals surface area contributed by atoms with Gasteiger partial charge in [-0.15, -0.1) is 0 Å². The lowest BCUT2D eigenvalue weighted by Gasteiger charge is -2.06. The Balaban J connectivity index is 2.30. The van der Waals surface area contributed by atoms with Crippen LogP contribution in [0.3, 0.4) is 0 Å². The van der Waals surface area contributed by atoms with Gasteiger partial charge in [-0.05, 0) is 18.4 Å². The first-order chi connectivity index (χ1) is 9.90. The molecule has 0 spiro atoms. The average molecular weight is 288 g/mol. The maximum absolute atomic E-state index is 12.3. The van der Waals surface area contributed by atoms with E-state index in [1.807, 2.05) is 13.8 Å². The van der Waals surface area contributed by atoms with Gasteiger partial charge in [0.2, 0.25) is 0 Å². The molecule has 110 valence electrons. The highest BCUT2D eigenvalue weighted by Gasteiger charge is 2.22. The number of aromatic amines is 1. The first kappa shape index (κ1) is 14.7. The lowest BCUT2D eigenvalue weighted by molar-refractivity contribution is -0.385. The second-order valence-electron chi connectivity index (χ2n) is 5.04. The third kappa shape index (κ3) is 3.07. The molecule has 1 amide bonds. The van der Waals surface area contributed by atoms with Crippen molar-refractivity contribution in [2.75, 3.05) is 5.32 Å². The van der Waals surface area contributed by atoms with Crippen LogP contribution in [0.4, 0.5) is 11.5 Å². The second kappa shape index (κ2) is 5.74. The fourth-order valence-corrected chi connectivity index (χ4v) is 1.98. The lowest BCUT2D eigenvalue weighted by Crippen LogP contribution is -2.15. The third-order valence-corrected chi connectivity index (χ3v) is 3.14. The van der Waals surface area contributed by atoms with Crippen molar-refractivity contribution in [3.63, 3.8) is 0 Å². The maximum Gasteiger partial charge on any atom is 0.282 e. The predicted molar refractivity (Wildman–Crippen MR) is 78.5 cm³/mol. The zero-order chi connectivity index (χ0) is 15.6. The summed E-state index contributed by atoms with van der Waals surface area (Å²) in [6, 6.07) is 6.24. The largest absolute Gasteiger partial charge is 0.305 e. The molecular formula is C14H16N4O3. The van der Waals surface area contributed by atoms with Crippen LogP contribution >= 0.6 is 0 Å². The minimum absolute atomic E-state index is 0.0524. The van der Waals surface area contributed by atoms with Crippen molar-refractivity contribution in [3.8, 4) is 0 Å². The fourth-order valence-electron chi connectivity index (χ4n) is 1.98. The first-order valence-corrected chi connectivity index (χ1v) is 6.50. The quantitative estimate of drug-likeness (QED) is 0.667. The van der Waals surface area contributed by atoms with Gasteiger partial charge in [-0.1, -0.05) is 26.0 Å². The number of hydrogen-bond acceptors (Lipinski definition) is 4. The molecule has 0 saturated carbocycles. The predicted octanol–water partition coefficient (Wildman–Crippen LogP) is 3.00. The van der Waals surface area contributed by atoms with Crippen LogP contribution in [-0.2, 0) is 0 Å². The summed E-state index contributed by atoms with van der Waals surface area (Å²) in [6.07, 6.45) is 0. The van der Waals surface area contributed by atoms with E-state index in [9.17, 15) is 14.9 Å². The number of hydrogen-bond donors (Lipinski definition) is 2. The Morgan fingerprint density at radius 1 is 1.43 bits per heavy atom. The average Bonchev–Trinajstić information content (AvgIpc) is 2.86. The molecule has 0 saturated heterocycles. The van der Waals surface area contributed by atoms with E-state index in [1.54, 1.807) is 25.1 Å². The Morgan fingerprint density at radius 2 is 2.14 bits per heavy atom. The van der Waals surface area contributed by atoms with Gasteiger partial charge in [-0.3, -0.25) is 20.0 Å². The Kier molecular flexibility index (Phi) is 4.02. The van der Waals surface area contributed by atoms with Gasteiger partial charge in [-0.25, -0.2) is 0 Å². The van der Waals surface area contributed by atoms with Crippen molar-refractivity contribution in [1.29, 1.82) is 0 Å². The summed E-state index contributed by atoms with van der Waals surface area (Å²) in [5, 5.41) is 20.4. The number of nitrogens with zero attached hydrogens (tertiary/aromatic N) is 2. The van der Waals surface area contributed by atoms with Crippen LogP contribution < -0.4 is 5.32 Å². The number of nitrogens with one attached hydrogen (secondary N) is 2. The van der Waals surface area contributed by atoms with Crippen molar-refractivity contribution in [3.05, 3.63) is 51.2 Å². The molecule has 21 heavy (non-hydrogen) atoms. The molecule has 1 heterocycles. The molecule has 2 N–H and O–H groups in total. The van der Waals surface area contributed by atoms with Crippen LogP contribution in [0, 0.1) is 17.0 Å². The maximum atomic E-state index is 12.3. The standard InChI is InChI=1S/C14H16N4O3/c1-8(2)10-7-12(17-16-10)15-14(19)13-9(3)5-4-6-11(13)18(20)21/h4-8H,1-3H3,(H2,15,16,17,19). The van der Waals surface area contributed by atoms with E-state index in [-0.39, 0.29) is 17.2 Å². The number of benzene rings is 1. The molecule has 0 radical (unpaired) electrons. The van der Waals surface area contributed by atoms with Gasteiger partial charge < -0.3 is 5.32 Å². The van der Waals surface area contributed by atoms with E-state index in [4.69, 9.17) is 0 Å². The van der Waals surface area contributed by atoms with Crippen molar-refractivity contribution in [1.82, 2.24) is 10.2 Å². The van der Waals surface area contributed by atoms with Crippen LogP contribution in [-0.4, -0.2) is 21.0 Å². The number of carbonyl (C=O) groups excluding carboxylic acids is 1. The van der Waals surface area contributed by atoms with E-state index in [1.165, 1.54) is 6.07 Å². The summed E-state index contributed by atoms with van der Waals surface area (Å²) in [5.41, 5.74) is 1.26. The van der Waals surface area contributed by atoms with Crippen LogP contribution in [0.1, 0.15) is 41.4 Å². The van der Waals surface area contributed by atoms with E-state index >= 15 is 0 Å². The van der Waals surface area contributed by atoms with Crippen molar-refractivity contribution < 1.29 is 9.72 Å². The highest BCUT2D eigenvalue weighted by atomic mass is 16.6. The van der Waals surface area contributed by atoms with Gasteiger partial charge in [0.15, 0.2) is 5.82 Å². The van der Waals surface area contributed by atoms with Gasteiger partial charge in [-0.2, -0.15) is 5.10 Å². The molecule has 7 nitrogen and oxygen atoms in total. The third-order valence-electron chi connectivity index (χ3n) is 3.14. The number of aryl methyl sites for hydroxylation is 1. The van der Waals surface area contributed by atoms with Gasteiger partial charge >= 0.3 is 0 Å². The Bertz CT molecular complexity index is 691. The normalized spacial score (nSPS) is 10.7. The summed E-state index contributed by atoms with van der Waals surface area (Å²) in [4.78, 5) is 22.7. The van der Waals surface area contributed by atoms with Gasteiger partial charge in [0.1, 0.15) is 5.56 Å². The number of H-pyrrole nitrogens is 1. The van der Waals surface area contributed by atoms with Crippen LogP contribution in [0.5, 0.6) is 0 Å². The van der Waals surface area contributed by atoms with Crippen molar-refractivity contribution >= 4 is 17.4 Å². The minimum Gasteiger partial charge on any atom is -0.305 e. The van der Waals surface area contributed by atoms with Crippen molar-refractivity contribution in [2.24, 2.45) is 0 Å². The molecule has 0 aliphatic rings. The molecule has 2 aromatic rings.